The average molecular weight is 530 g/mol. The Bertz CT molecular complexity index is 1250. The van der Waals surface area contributed by atoms with Crippen LogP contribution in [0.25, 0.3) is 0 Å². The number of benzene rings is 1. The van der Waals surface area contributed by atoms with Crippen molar-refractivity contribution in [2.75, 3.05) is 36.4 Å². The quantitative estimate of drug-likeness (QED) is 0.418. The van der Waals surface area contributed by atoms with Gasteiger partial charge in [0, 0.05) is 36.6 Å². The molecule has 0 saturated carbocycles. The molecule has 2 aliphatic rings. The van der Waals surface area contributed by atoms with Gasteiger partial charge in [0.05, 0.1) is 27.6 Å². The number of alkyl halides is 3. The Balaban J connectivity index is 1.24. The molecule has 2 aromatic heterocycles. The topological polar surface area (TPSA) is 61.4 Å². The lowest BCUT2D eigenvalue weighted by Crippen LogP contribution is -2.32. The summed E-state index contributed by atoms with van der Waals surface area (Å²) in [5, 5.41) is 5.33. The summed E-state index contributed by atoms with van der Waals surface area (Å²) in [6.45, 7) is 6.17. The van der Waals surface area contributed by atoms with Gasteiger partial charge in [0.15, 0.2) is 0 Å². The molecule has 196 valence electrons. The number of likely N-dealkylation sites (tertiary alicyclic amines) is 1. The molecule has 2 aliphatic heterocycles. The second kappa shape index (κ2) is 10.8. The van der Waals surface area contributed by atoms with Gasteiger partial charge < -0.3 is 10.2 Å². The van der Waals surface area contributed by atoms with Crippen LogP contribution >= 0.6 is 11.3 Å². The second-order valence-corrected chi connectivity index (χ2v) is 10.7. The number of carbonyl (C=O) groups excluding carboxylic acids is 1. The van der Waals surface area contributed by atoms with E-state index in [9.17, 15) is 18.0 Å². The third kappa shape index (κ3) is 6.13. The van der Waals surface area contributed by atoms with Crippen molar-refractivity contribution >= 4 is 28.6 Å². The lowest BCUT2D eigenvalue weighted by atomic mass is 9.97. The summed E-state index contributed by atoms with van der Waals surface area (Å²) in [5.41, 5.74) is 2.33. The van der Waals surface area contributed by atoms with Crippen molar-refractivity contribution in [3.8, 4) is 0 Å². The number of aryl methyl sites for hydroxylation is 1. The van der Waals surface area contributed by atoms with Crippen molar-refractivity contribution in [1.29, 1.82) is 0 Å². The van der Waals surface area contributed by atoms with Gasteiger partial charge in [-0.25, -0.2) is 4.98 Å². The summed E-state index contributed by atoms with van der Waals surface area (Å²) in [6, 6.07) is 9.62. The van der Waals surface area contributed by atoms with Crippen molar-refractivity contribution in [1.82, 2.24) is 14.9 Å². The normalized spacial score (nSPS) is 17.4. The number of rotatable bonds is 6. The van der Waals surface area contributed by atoms with Crippen molar-refractivity contribution in [2.24, 2.45) is 0 Å². The number of amides is 1. The number of nitrogens with zero attached hydrogens (tertiary/aromatic N) is 4. The summed E-state index contributed by atoms with van der Waals surface area (Å²) in [6.07, 6.45) is -0.657. The number of nitrogens with one attached hydrogen (secondary N) is 1. The highest BCUT2D eigenvalue weighted by molar-refractivity contribution is 7.10. The fourth-order valence-corrected chi connectivity index (χ4v) is 6.04. The van der Waals surface area contributed by atoms with E-state index in [1.54, 1.807) is 5.38 Å². The van der Waals surface area contributed by atoms with Crippen LogP contribution in [0.3, 0.4) is 0 Å². The molecule has 1 amide bonds. The highest BCUT2D eigenvalue weighted by Crippen LogP contribution is 2.37. The molecule has 0 bridgehead atoms. The van der Waals surface area contributed by atoms with Gasteiger partial charge >= 0.3 is 6.18 Å². The number of aromatic nitrogens is 2. The van der Waals surface area contributed by atoms with Gasteiger partial charge in [0.2, 0.25) is 0 Å². The van der Waals surface area contributed by atoms with Gasteiger partial charge in [0.1, 0.15) is 5.69 Å². The van der Waals surface area contributed by atoms with Crippen molar-refractivity contribution in [3.63, 3.8) is 0 Å². The highest BCUT2D eigenvalue weighted by Gasteiger charge is 2.32. The average Bonchev–Trinajstić information content (AvgIpc) is 3.57. The van der Waals surface area contributed by atoms with E-state index in [4.69, 9.17) is 0 Å². The molecule has 37 heavy (non-hydrogen) atoms. The third-order valence-electron chi connectivity index (χ3n) is 7.04. The first-order valence-corrected chi connectivity index (χ1v) is 13.5. The summed E-state index contributed by atoms with van der Waals surface area (Å²) in [7, 11) is 0. The van der Waals surface area contributed by atoms with Crippen LogP contribution in [0.5, 0.6) is 0 Å². The Morgan fingerprint density at radius 1 is 1.08 bits per heavy atom. The molecule has 0 atom stereocenters. The predicted octanol–water partition coefficient (Wildman–Crippen LogP) is 6.10. The Morgan fingerprint density at radius 2 is 1.84 bits per heavy atom. The fraction of sp³-hybridized carbons (Fsp3) is 0.444. The fourth-order valence-electron chi connectivity index (χ4n) is 5.07. The first kappa shape index (κ1) is 25.7. The third-order valence-corrected chi connectivity index (χ3v) is 8.05. The molecular formula is C27H30F3N5OS. The van der Waals surface area contributed by atoms with E-state index in [0.717, 1.165) is 86.9 Å². The molecule has 1 N–H and O–H groups in total. The first-order valence-electron chi connectivity index (χ1n) is 12.6. The maximum absolute atomic E-state index is 13.4. The molecule has 0 spiro atoms. The van der Waals surface area contributed by atoms with Gasteiger partial charge in [0.25, 0.3) is 5.91 Å². The van der Waals surface area contributed by atoms with E-state index >= 15 is 0 Å². The largest absolute Gasteiger partial charge is 0.416 e. The van der Waals surface area contributed by atoms with Crippen molar-refractivity contribution in [3.05, 3.63) is 69.4 Å². The maximum atomic E-state index is 13.4. The minimum Gasteiger partial charge on any atom is -0.370 e. The molecule has 6 nitrogen and oxygen atoms in total. The summed E-state index contributed by atoms with van der Waals surface area (Å²) < 4.78 is 40.1. The molecule has 0 unspecified atom stereocenters. The lowest BCUT2D eigenvalue weighted by molar-refractivity contribution is -0.137. The molecule has 0 aliphatic carbocycles. The molecule has 4 heterocycles. The van der Waals surface area contributed by atoms with Crippen LogP contribution in [0.1, 0.15) is 64.0 Å². The van der Waals surface area contributed by atoms with E-state index in [2.05, 4.69) is 20.2 Å². The Labute approximate surface area is 218 Å². The number of piperidine rings is 1. The molecule has 0 radical (unpaired) electrons. The van der Waals surface area contributed by atoms with E-state index in [1.807, 2.05) is 30.0 Å². The zero-order chi connectivity index (χ0) is 26.0. The van der Waals surface area contributed by atoms with Gasteiger partial charge in [-0.15, -0.1) is 11.3 Å². The van der Waals surface area contributed by atoms with Crippen LogP contribution < -0.4 is 10.2 Å². The van der Waals surface area contributed by atoms with E-state index in [0.29, 0.717) is 5.69 Å². The first-order chi connectivity index (χ1) is 17.8. The smallest absolute Gasteiger partial charge is 0.370 e. The Morgan fingerprint density at radius 3 is 2.54 bits per heavy atom. The lowest BCUT2D eigenvalue weighted by Gasteiger charge is -2.30. The Kier molecular flexibility index (Phi) is 7.48. The number of halogens is 3. The van der Waals surface area contributed by atoms with Crippen LogP contribution in [0.2, 0.25) is 0 Å². The zero-order valence-electron chi connectivity index (χ0n) is 20.7. The number of hydrogen-bond donors (Lipinski definition) is 1. The molecular weight excluding hydrogens is 499 g/mol. The molecule has 5 rings (SSSR count). The van der Waals surface area contributed by atoms with Crippen LogP contribution in [0.4, 0.5) is 24.5 Å². The van der Waals surface area contributed by atoms with Crippen LogP contribution in [-0.2, 0) is 12.7 Å². The standard InChI is InChI=1S/C27H30F3N5OS/c1-18-5-4-6-21(31-18)16-34-13-9-19(10-14-34)26-33-23(17-37-26)25(36)32-22-15-20(27(28,29)30)7-8-24(22)35-11-2-3-12-35/h4-8,15,17,19H,2-3,9-14,16H2,1H3,(H,32,36). The van der Waals surface area contributed by atoms with E-state index in [1.165, 1.54) is 17.4 Å². The SMILES string of the molecule is Cc1cccc(CN2CCC(c3nc(C(=O)Nc4cc(C(F)(F)F)ccc4N4CCCC4)cs3)CC2)n1. The summed E-state index contributed by atoms with van der Waals surface area (Å²) in [4.78, 5) is 26.6. The van der Waals surface area contributed by atoms with Crippen LogP contribution in [0.15, 0.2) is 41.8 Å². The van der Waals surface area contributed by atoms with Gasteiger partial charge in [-0.2, -0.15) is 13.2 Å². The number of pyridine rings is 1. The second-order valence-electron chi connectivity index (χ2n) is 9.77. The molecule has 2 saturated heterocycles. The van der Waals surface area contributed by atoms with Gasteiger partial charge in [-0.3, -0.25) is 14.7 Å². The molecule has 10 heteroatoms. The zero-order valence-corrected chi connectivity index (χ0v) is 21.5. The van der Waals surface area contributed by atoms with E-state index < -0.39 is 17.6 Å². The van der Waals surface area contributed by atoms with Crippen LogP contribution in [-0.4, -0.2) is 47.0 Å². The summed E-state index contributed by atoms with van der Waals surface area (Å²) >= 11 is 1.45. The minimum absolute atomic E-state index is 0.175. The van der Waals surface area contributed by atoms with Crippen molar-refractivity contribution in [2.45, 2.75) is 51.2 Å². The molecule has 3 aromatic rings. The number of hydrogen-bond acceptors (Lipinski definition) is 6. The number of thiazole rings is 1. The van der Waals surface area contributed by atoms with Crippen molar-refractivity contribution < 1.29 is 18.0 Å². The number of carbonyl (C=O) groups is 1. The number of anilines is 2. The minimum atomic E-state index is -4.49. The molecule has 1 aromatic carbocycles. The van der Waals surface area contributed by atoms with E-state index in [-0.39, 0.29) is 17.3 Å². The maximum Gasteiger partial charge on any atom is 0.416 e. The van der Waals surface area contributed by atoms with Gasteiger partial charge in [-0.1, -0.05) is 6.07 Å². The van der Waals surface area contributed by atoms with Gasteiger partial charge in [-0.05, 0) is 76.0 Å². The van der Waals surface area contributed by atoms with Crippen LogP contribution in [0, 0.1) is 6.92 Å². The predicted molar refractivity (Wildman–Crippen MR) is 139 cm³/mol. The monoisotopic (exact) mass is 529 g/mol. The summed E-state index contributed by atoms with van der Waals surface area (Å²) in [5.74, 6) is -0.216. The highest BCUT2D eigenvalue weighted by atomic mass is 32.1. The Hall–Kier alpha value is -2.98. The molecule has 2 fully saturated rings.